The Hall–Kier alpha value is -2.80. The molecule has 1 aromatic carbocycles. The summed E-state index contributed by atoms with van der Waals surface area (Å²) in [5, 5.41) is 12.5. The highest BCUT2D eigenvalue weighted by atomic mass is 32.1. The minimum Gasteiger partial charge on any atom is -0.276 e. The van der Waals surface area contributed by atoms with Crippen LogP contribution in [0.15, 0.2) is 52.9 Å². The van der Waals surface area contributed by atoms with Gasteiger partial charge in [0.15, 0.2) is 5.69 Å². The van der Waals surface area contributed by atoms with Crippen molar-refractivity contribution >= 4 is 23.5 Å². The maximum absolute atomic E-state index is 13.0. The van der Waals surface area contributed by atoms with Gasteiger partial charge in [0, 0.05) is 0 Å². The average molecular weight is 314 g/mol. The molecular formula is C15H11FN4OS. The Kier molecular flexibility index (Phi) is 4.06. The number of thiophene rings is 1. The van der Waals surface area contributed by atoms with Crippen molar-refractivity contribution in [1.82, 2.24) is 15.6 Å². The van der Waals surface area contributed by atoms with Crippen molar-refractivity contribution < 1.29 is 9.18 Å². The topological polar surface area (TPSA) is 70.1 Å². The third-order valence-corrected chi connectivity index (χ3v) is 3.73. The second kappa shape index (κ2) is 6.31. The fourth-order valence-electron chi connectivity index (χ4n) is 1.81. The number of amides is 1. The van der Waals surface area contributed by atoms with E-state index in [2.05, 4.69) is 20.7 Å². The maximum Gasteiger partial charge on any atom is 0.291 e. The van der Waals surface area contributed by atoms with Crippen molar-refractivity contribution in [3.63, 3.8) is 0 Å². The number of benzene rings is 1. The van der Waals surface area contributed by atoms with E-state index in [0.717, 1.165) is 10.6 Å². The van der Waals surface area contributed by atoms with Crippen LogP contribution in [-0.2, 0) is 0 Å². The van der Waals surface area contributed by atoms with Crippen LogP contribution in [0.4, 0.5) is 4.39 Å². The molecule has 0 aliphatic carbocycles. The quantitative estimate of drug-likeness (QED) is 0.574. The Morgan fingerprint density at radius 2 is 2.23 bits per heavy atom. The van der Waals surface area contributed by atoms with Crippen molar-refractivity contribution in [3.8, 4) is 10.6 Å². The van der Waals surface area contributed by atoms with Crippen molar-refractivity contribution in [2.45, 2.75) is 0 Å². The molecule has 2 N–H and O–H groups in total. The van der Waals surface area contributed by atoms with E-state index >= 15 is 0 Å². The highest BCUT2D eigenvalue weighted by Crippen LogP contribution is 2.22. The van der Waals surface area contributed by atoms with E-state index in [-0.39, 0.29) is 11.5 Å². The van der Waals surface area contributed by atoms with Crippen LogP contribution in [0.3, 0.4) is 0 Å². The third kappa shape index (κ3) is 3.26. The van der Waals surface area contributed by atoms with Gasteiger partial charge in [-0.3, -0.25) is 9.89 Å². The van der Waals surface area contributed by atoms with Gasteiger partial charge in [-0.1, -0.05) is 18.2 Å². The van der Waals surface area contributed by atoms with Gasteiger partial charge < -0.3 is 0 Å². The van der Waals surface area contributed by atoms with E-state index in [9.17, 15) is 9.18 Å². The van der Waals surface area contributed by atoms with Gasteiger partial charge in [-0.15, -0.1) is 11.3 Å². The first-order chi connectivity index (χ1) is 10.7. The first kappa shape index (κ1) is 14.2. The molecule has 0 aliphatic rings. The van der Waals surface area contributed by atoms with Crippen LogP contribution in [0, 0.1) is 5.82 Å². The predicted octanol–water partition coefficient (Wildman–Crippen LogP) is 3.04. The highest BCUT2D eigenvalue weighted by molar-refractivity contribution is 7.13. The largest absolute Gasteiger partial charge is 0.291 e. The van der Waals surface area contributed by atoms with Crippen LogP contribution >= 0.6 is 11.3 Å². The Morgan fingerprint density at radius 1 is 1.32 bits per heavy atom. The molecule has 110 valence electrons. The number of nitrogens with zero attached hydrogens (tertiary/aromatic N) is 2. The molecule has 1 amide bonds. The summed E-state index contributed by atoms with van der Waals surface area (Å²) in [6.45, 7) is 0. The first-order valence-corrected chi connectivity index (χ1v) is 7.28. The molecule has 0 saturated carbocycles. The third-order valence-electron chi connectivity index (χ3n) is 2.83. The summed E-state index contributed by atoms with van der Waals surface area (Å²) in [6.07, 6.45) is 1.37. The SMILES string of the molecule is O=C(NN=Cc1cccc(F)c1)c1cc(-c2cccs2)[nH]n1. The standard InChI is InChI=1S/C15H11FN4OS/c16-11-4-1-3-10(7-11)9-17-20-15(21)13-8-12(18-19-13)14-5-2-6-22-14/h1-9H,(H,18,19)(H,20,21). The van der Waals surface area contributed by atoms with E-state index in [1.54, 1.807) is 29.5 Å². The number of halogens is 1. The number of hydrogen-bond acceptors (Lipinski definition) is 4. The van der Waals surface area contributed by atoms with E-state index in [1.807, 2.05) is 17.5 Å². The molecule has 2 heterocycles. The second-order valence-corrected chi connectivity index (χ2v) is 5.35. The molecule has 0 atom stereocenters. The van der Waals surface area contributed by atoms with Crippen LogP contribution < -0.4 is 5.43 Å². The van der Waals surface area contributed by atoms with Gasteiger partial charge in [-0.05, 0) is 35.2 Å². The Bertz CT molecular complexity index is 811. The number of rotatable bonds is 4. The number of carbonyl (C=O) groups excluding carboxylic acids is 1. The van der Waals surface area contributed by atoms with E-state index in [1.165, 1.54) is 18.3 Å². The fourth-order valence-corrected chi connectivity index (χ4v) is 2.50. The van der Waals surface area contributed by atoms with Crippen molar-refractivity contribution in [2.75, 3.05) is 0 Å². The van der Waals surface area contributed by atoms with Gasteiger partial charge in [-0.2, -0.15) is 10.2 Å². The number of aromatic amines is 1. The molecular weight excluding hydrogens is 303 g/mol. The van der Waals surface area contributed by atoms with Gasteiger partial charge in [0.2, 0.25) is 0 Å². The number of H-pyrrole nitrogens is 1. The molecule has 0 spiro atoms. The zero-order valence-corrected chi connectivity index (χ0v) is 12.1. The molecule has 0 fully saturated rings. The predicted molar refractivity (Wildman–Crippen MR) is 83.4 cm³/mol. The Labute approximate surface area is 129 Å². The Balaban J connectivity index is 1.65. The number of carbonyl (C=O) groups is 1. The summed E-state index contributed by atoms with van der Waals surface area (Å²) in [4.78, 5) is 12.9. The fraction of sp³-hybridized carbons (Fsp3) is 0. The lowest BCUT2D eigenvalue weighted by atomic mass is 10.2. The molecule has 3 aromatic rings. The number of hydrazone groups is 1. The lowest BCUT2D eigenvalue weighted by Gasteiger charge is -1.95. The molecule has 0 saturated heterocycles. The molecule has 2 aromatic heterocycles. The van der Waals surface area contributed by atoms with Crippen LogP contribution in [0.2, 0.25) is 0 Å². The summed E-state index contributed by atoms with van der Waals surface area (Å²) in [6, 6.07) is 11.4. The molecule has 7 heteroatoms. The maximum atomic E-state index is 13.0. The van der Waals surface area contributed by atoms with Crippen LogP contribution in [0.25, 0.3) is 10.6 Å². The second-order valence-electron chi connectivity index (χ2n) is 4.40. The zero-order chi connectivity index (χ0) is 15.4. The molecule has 3 rings (SSSR count). The molecule has 0 radical (unpaired) electrons. The highest BCUT2D eigenvalue weighted by Gasteiger charge is 2.10. The number of hydrogen-bond donors (Lipinski definition) is 2. The smallest absolute Gasteiger partial charge is 0.276 e. The number of nitrogens with one attached hydrogen (secondary N) is 2. The minimum absolute atomic E-state index is 0.236. The van der Waals surface area contributed by atoms with Gasteiger partial charge in [0.1, 0.15) is 5.82 Å². The molecule has 22 heavy (non-hydrogen) atoms. The normalized spacial score (nSPS) is 11.0. The first-order valence-electron chi connectivity index (χ1n) is 6.40. The molecule has 0 aliphatic heterocycles. The zero-order valence-electron chi connectivity index (χ0n) is 11.3. The molecule has 0 bridgehead atoms. The van der Waals surface area contributed by atoms with Gasteiger partial charge in [0.25, 0.3) is 5.91 Å². The lowest BCUT2D eigenvalue weighted by molar-refractivity contribution is 0.0950. The lowest BCUT2D eigenvalue weighted by Crippen LogP contribution is -2.18. The van der Waals surface area contributed by atoms with E-state index < -0.39 is 5.91 Å². The van der Waals surface area contributed by atoms with Crippen LogP contribution in [0.1, 0.15) is 16.1 Å². The van der Waals surface area contributed by atoms with Gasteiger partial charge >= 0.3 is 0 Å². The van der Waals surface area contributed by atoms with Crippen LogP contribution in [0.5, 0.6) is 0 Å². The minimum atomic E-state index is -0.438. The number of aromatic nitrogens is 2. The monoisotopic (exact) mass is 314 g/mol. The van der Waals surface area contributed by atoms with Gasteiger partial charge in [0.05, 0.1) is 16.8 Å². The van der Waals surface area contributed by atoms with Crippen molar-refractivity contribution in [3.05, 3.63) is 64.9 Å². The Morgan fingerprint density at radius 3 is 3.00 bits per heavy atom. The van der Waals surface area contributed by atoms with E-state index in [0.29, 0.717) is 5.56 Å². The van der Waals surface area contributed by atoms with Gasteiger partial charge in [-0.25, -0.2) is 9.82 Å². The summed E-state index contributed by atoms with van der Waals surface area (Å²) in [5.41, 5.74) is 3.92. The molecule has 5 nitrogen and oxygen atoms in total. The summed E-state index contributed by atoms with van der Waals surface area (Å²) in [7, 11) is 0. The average Bonchev–Trinajstić information content (AvgIpc) is 3.18. The summed E-state index contributed by atoms with van der Waals surface area (Å²) in [5.74, 6) is -0.796. The van der Waals surface area contributed by atoms with Crippen LogP contribution in [-0.4, -0.2) is 22.3 Å². The van der Waals surface area contributed by atoms with Crippen molar-refractivity contribution in [1.29, 1.82) is 0 Å². The molecule has 0 unspecified atom stereocenters. The van der Waals surface area contributed by atoms with Crippen molar-refractivity contribution in [2.24, 2.45) is 5.10 Å². The summed E-state index contributed by atoms with van der Waals surface area (Å²) < 4.78 is 13.0. The summed E-state index contributed by atoms with van der Waals surface area (Å²) >= 11 is 1.55. The van der Waals surface area contributed by atoms with E-state index in [4.69, 9.17) is 0 Å².